The molecule has 2 heterocycles. The largest absolute Gasteiger partial charge is 0.497 e. The summed E-state index contributed by atoms with van der Waals surface area (Å²) in [5.41, 5.74) is 1.85. The van der Waals surface area contributed by atoms with Crippen LogP contribution in [0.15, 0.2) is 30.3 Å². The molecule has 1 aromatic carbocycles. The van der Waals surface area contributed by atoms with Gasteiger partial charge in [0, 0.05) is 38.8 Å². The maximum Gasteiger partial charge on any atom is 0.401 e. The molecule has 1 fully saturated rings. The van der Waals surface area contributed by atoms with Crippen LogP contribution < -0.4 is 4.74 Å². The summed E-state index contributed by atoms with van der Waals surface area (Å²) in [6.45, 7) is -0.0262. The van der Waals surface area contributed by atoms with Crippen molar-refractivity contribution in [3.63, 3.8) is 0 Å². The Hall–Kier alpha value is -2.55. The van der Waals surface area contributed by atoms with Gasteiger partial charge < -0.3 is 9.64 Å². The summed E-state index contributed by atoms with van der Waals surface area (Å²) in [5.74, 6) is 0.456. The van der Waals surface area contributed by atoms with Gasteiger partial charge in [0.05, 0.1) is 19.3 Å². The number of carbonyl (C=O) groups is 1. The molecule has 1 amide bonds. The average molecular weight is 382 g/mol. The summed E-state index contributed by atoms with van der Waals surface area (Å²) in [6, 6.07) is 9.05. The van der Waals surface area contributed by atoms with Gasteiger partial charge in [0.1, 0.15) is 11.4 Å². The third-order valence-corrected chi connectivity index (χ3v) is 4.53. The van der Waals surface area contributed by atoms with Gasteiger partial charge in [-0.2, -0.15) is 18.3 Å². The number of methoxy groups -OCH3 is 1. The van der Waals surface area contributed by atoms with Crippen molar-refractivity contribution in [1.82, 2.24) is 19.6 Å². The second-order valence-electron chi connectivity index (χ2n) is 6.45. The number of halogens is 3. The number of hydrogen-bond donors (Lipinski definition) is 0. The van der Waals surface area contributed by atoms with Crippen molar-refractivity contribution >= 4 is 5.91 Å². The third kappa shape index (κ3) is 4.60. The van der Waals surface area contributed by atoms with E-state index in [-0.39, 0.29) is 32.1 Å². The molecule has 6 nitrogen and oxygen atoms in total. The van der Waals surface area contributed by atoms with Crippen molar-refractivity contribution in [3.05, 3.63) is 36.0 Å². The number of amides is 1. The minimum atomic E-state index is -4.22. The summed E-state index contributed by atoms with van der Waals surface area (Å²) in [4.78, 5) is 15.7. The van der Waals surface area contributed by atoms with Crippen LogP contribution in [0, 0.1) is 0 Å². The number of nitrogens with zero attached hydrogens (tertiary/aromatic N) is 4. The summed E-state index contributed by atoms with van der Waals surface area (Å²) >= 11 is 0. The number of benzene rings is 1. The average Bonchev–Trinajstić information content (AvgIpc) is 3.02. The maximum atomic E-state index is 12.8. The van der Waals surface area contributed by atoms with Gasteiger partial charge in [-0.1, -0.05) is 12.1 Å². The second kappa shape index (κ2) is 7.59. The monoisotopic (exact) mass is 382 g/mol. The Kier molecular flexibility index (Phi) is 5.41. The second-order valence-corrected chi connectivity index (χ2v) is 6.45. The van der Waals surface area contributed by atoms with E-state index in [2.05, 4.69) is 5.10 Å². The first-order chi connectivity index (χ1) is 12.8. The Morgan fingerprint density at radius 1 is 1.19 bits per heavy atom. The Balaban J connectivity index is 1.70. The lowest BCUT2D eigenvalue weighted by atomic mass is 10.1. The van der Waals surface area contributed by atoms with Crippen molar-refractivity contribution in [2.45, 2.75) is 6.18 Å². The number of hydrogen-bond acceptors (Lipinski definition) is 4. The molecule has 0 bridgehead atoms. The molecule has 9 heteroatoms. The number of alkyl halides is 3. The van der Waals surface area contributed by atoms with Gasteiger partial charge in [0.2, 0.25) is 0 Å². The molecule has 0 spiro atoms. The normalized spacial score (nSPS) is 15.8. The molecule has 3 rings (SSSR count). The van der Waals surface area contributed by atoms with Crippen LogP contribution >= 0.6 is 0 Å². The smallest absolute Gasteiger partial charge is 0.401 e. The van der Waals surface area contributed by atoms with E-state index in [0.717, 1.165) is 5.56 Å². The molecule has 1 aliphatic heterocycles. The predicted octanol–water partition coefficient (Wildman–Crippen LogP) is 2.42. The van der Waals surface area contributed by atoms with Crippen molar-refractivity contribution in [2.75, 3.05) is 39.8 Å². The van der Waals surface area contributed by atoms with Gasteiger partial charge in [0.15, 0.2) is 0 Å². The van der Waals surface area contributed by atoms with Crippen LogP contribution in [0.3, 0.4) is 0 Å². The standard InChI is InChI=1S/C18H21F3N4O2/c1-23-16(11-15(22-23)13-4-3-5-14(10-13)27-2)17(26)25-8-6-24(7-9-25)12-18(19,20)21/h3-5,10-11H,6-9,12H2,1-2H3. The van der Waals surface area contributed by atoms with E-state index in [0.29, 0.717) is 17.1 Å². The first kappa shape index (κ1) is 19.2. The molecular weight excluding hydrogens is 361 g/mol. The van der Waals surface area contributed by atoms with Gasteiger partial charge in [-0.05, 0) is 18.2 Å². The number of carbonyl (C=O) groups excluding carboxylic acids is 1. The number of rotatable bonds is 4. The zero-order valence-electron chi connectivity index (χ0n) is 15.2. The van der Waals surface area contributed by atoms with Crippen LogP contribution in [0.2, 0.25) is 0 Å². The lowest BCUT2D eigenvalue weighted by Crippen LogP contribution is -2.51. The molecule has 0 radical (unpaired) electrons. The molecule has 1 saturated heterocycles. The summed E-state index contributed by atoms with van der Waals surface area (Å²) in [5, 5.41) is 4.39. The van der Waals surface area contributed by atoms with Crippen LogP contribution in [0.1, 0.15) is 10.5 Å². The number of piperazine rings is 1. The van der Waals surface area contributed by atoms with Crippen molar-refractivity contribution < 1.29 is 22.7 Å². The lowest BCUT2D eigenvalue weighted by molar-refractivity contribution is -0.148. The van der Waals surface area contributed by atoms with E-state index in [9.17, 15) is 18.0 Å². The molecule has 2 aromatic rings. The molecular formula is C18H21F3N4O2. The minimum absolute atomic E-state index is 0.200. The van der Waals surface area contributed by atoms with E-state index in [1.807, 2.05) is 24.3 Å². The minimum Gasteiger partial charge on any atom is -0.497 e. The number of aromatic nitrogens is 2. The highest BCUT2D eigenvalue weighted by Gasteiger charge is 2.33. The van der Waals surface area contributed by atoms with Gasteiger partial charge in [-0.25, -0.2) is 0 Å². The first-order valence-corrected chi connectivity index (χ1v) is 8.53. The molecule has 1 aromatic heterocycles. The van der Waals surface area contributed by atoms with Gasteiger partial charge in [0.25, 0.3) is 5.91 Å². The van der Waals surface area contributed by atoms with Crippen LogP contribution in [0.4, 0.5) is 13.2 Å². The Morgan fingerprint density at radius 2 is 1.89 bits per heavy atom. The summed E-state index contributed by atoms with van der Waals surface area (Å²) in [6.07, 6.45) is -4.22. The van der Waals surface area contributed by atoms with E-state index in [1.165, 1.54) is 9.58 Å². The molecule has 0 unspecified atom stereocenters. The molecule has 0 saturated carbocycles. The molecule has 0 N–H and O–H groups in total. The fourth-order valence-electron chi connectivity index (χ4n) is 3.12. The van der Waals surface area contributed by atoms with Crippen LogP contribution in [0.5, 0.6) is 5.75 Å². The third-order valence-electron chi connectivity index (χ3n) is 4.53. The fraction of sp³-hybridized carbons (Fsp3) is 0.444. The highest BCUT2D eigenvalue weighted by Crippen LogP contribution is 2.24. The molecule has 146 valence electrons. The first-order valence-electron chi connectivity index (χ1n) is 8.53. The Bertz CT molecular complexity index is 811. The van der Waals surface area contributed by atoms with Gasteiger partial charge in [-0.3, -0.25) is 14.4 Å². The SMILES string of the molecule is COc1cccc(-c2cc(C(=O)N3CCN(CC(F)(F)F)CC3)n(C)n2)c1. The van der Waals surface area contributed by atoms with Gasteiger partial charge in [-0.15, -0.1) is 0 Å². The fourth-order valence-corrected chi connectivity index (χ4v) is 3.12. The van der Waals surface area contributed by atoms with E-state index in [1.54, 1.807) is 25.1 Å². The summed E-state index contributed by atoms with van der Waals surface area (Å²) < 4.78 is 44.2. The highest BCUT2D eigenvalue weighted by atomic mass is 19.4. The Labute approximate surface area is 155 Å². The molecule has 27 heavy (non-hydrogen) atoms. The van der Waals surface area contributed by atoms with Crippen LogP contribution in [-0.2, 0) is 7.05 Å². The molecule has 1 aliphatic rings. The Morgan fingerprint density at radius 3 is 2.52 bits per heavy atom. The number of ether oxygens (including phenoxy) is 1. The summed E-state index contributed by atoms with van der Waals surface area (Å²) in [7, 11) is 3.25. The highest BCUT2D eigenvalue weighted by molar-refractivity contribution is 5.93. The van der Waals surface area contributed by atoms with E-state index >= 15 is 0 Å². The van der Waals surface area contributed by atoms with E-state index < -0.39 is 12.7 Å². The molecule has 0 atom stereocenters. The molecule has 0 aliphatic carbocycles. The zero-order chi connectivity index (χ0) is 19.6. The van der Waals surface area contributed by atoms with Gasteiger partial charge >= 0.3 is 6.18 Å². The van der Waals surface area contributed by atoms with Crippen LogP contribution in [-0.4, -0.2) is 71.5 Å². The van der Waals surface area contributed by atoms with Crippen LogP contribution in [0.25, 0.3) is 11.3 Å². The van der Waals surface area contributed by atoms with E-state index in [4.69, 9.17) is 4.74 Å². The number of aryl methyl sites for hydroxylation is 1. The van der Waals surface area contributed by atoms with Crippen molar-refractivity contribution in [1.29, 1.82) is 0 Å². The van der Waals surface area contributed by atoms with Crippen molar-refractivity contribution in [3.8, 4) is 17.0 Å². The lowest BCUT2D eigenvalue weighted by Gasteiger charge is -2.34. The quantitative estimate of drug-likeness (QED) is 0.815. The predicted molar refractivity (Wildman–Crippen MR) is 93.6 cm³/mol. The maximum absolute atomic E-state index is 12.8. The van der Waals surface area contributed by atoms with Crippen molar-refractivity contribution in [2.24, 2.45) is 7.05 Å². The zero-order valence-corrected chi connectivity index (χ0v) is 15.2. The topological polar surface area (TPSA) is 50.6 Å².